The van der Waals surface area contributed by atoms with Crippen molar-refractivity contribution >= 4 is 10.8 Å². The molecule has 3 rings (SSSR count). The average Bonchev–Trinajstić information content (AvgIpc) is 2.56. The highest BCUT2D eigenvalue weighted by molar-refractivity contribution is 5.84. The van der Waals surface area contributed by atoms with E-state index in [1.165, 1.54) is 21.9 Å². The van der Waals surface area contributed by atoms with Crippen molar-refractivity contribution < 1.29 is 4.74 Å². The summed E-state index contributed by atoms with van der Waals surface area (Å²) in [5.41, 5.74) is 3.56. The van der Waals surface area contributed by atoms with Gasteiger partial charge in [0.15, 0.2) is 0 Å². The van der Waals surface area contributed by atoms with E-state index in [2.05, 4.69) is 73.4 Å². The highest BCUT2D eigenvalue weighted by atomic mass is 16.5. The molecule has 0 atom stereocenters. The first kappa shape index (κ1) is 14.2. The quantitative estimate of drug-likeness (QED) is 0.618. The number of benzene rings is 3. The van der Waals surface area contributed by atoms with Gasteiger partial charge in [-0.2, -0.15) is 0 Å². The smallest absolute Gasteiger partial charge is 0.119 e. The number of ether oxygens (including phenoxy) is 1. The molecule has 0 aliphatic rings. The van der Waals surface area contributed by atoms with E-state index < -0.39 is 0 Å². The summed E-state index contributed by atoms with van der Waals surface area (Å²) in [7, 11) is 1.69. The van der Waals surface area contributed by atoms with E-state index in [0.29, 0.717) is 0 Å². The molecular weight excluding hydrogens is 268 g/mol. The summed E-state index contributed by atoms with van der Waals surface area (Å²) in [5.74, 6) is 7.35. The van der Waals surface area contributed by atoms with Crippen LogP contribution < -0.4 is 4.74 Å². The number of fused-ring (bicyclic) bond motifs is 1. The van der Waals surface area contributed by atoms with Crippen LogP contribution in [0.4, 0.5) is 0 Å². The van der Waals surface area contributed by atoms with Crippen LogP contribution in [0.15, 0.2) is 60.7 Å². The lowest BCUT2D eigenvalue weighted by Crippen LogP contribution is -1.85. The fraction of sp³-hybridized carbons (Fsp3) is 0.143. The molecule has 0 fully saturated rings. The first-order valence-electron chi connectivity index (χ1n) is 7.37. The summed E-state index contributed by atoms with van der Waals surface area (Å²) < 4.78 is 5.25. The van der Waals surface area contributed by atoms with Crippen molar-refractivity contribution in [1.29, 1.82) is 0 Å². The van der Waals surface area contributed by atoms with Crippen LogP contribution >= 0.6 is 0 Å². The van der Waals surface area contributed by atoms with Crippen LogP contribution in [-0.4, -0.2) is 7.11 Å². The Hall–Kier alpha value is -2.72. The fourth-order valence-corrected chi connectivity index (χ4v) is 2.40. The summed E-state index contributed by atoms with van der Waals surface area (Å²) in [6, 6.07) is 20.9. The van der Waals surface area contributed by atoms with E-state index in [0.717, 1.165) is 17.7 Å². The maximum atomic E-state index is 5.25. The highest BCUT2D eigenvalue weighted by Gasteiger charge is 1.98. The van der Waals surface area contributed by atoms with E-state index in [9.17, 15) is 0 Å². The number of hydrogen-bond donors (Lipinski definition) is 0. The lowest BCUT2D eigenvalue weighted by molar-refractivity contribution is 0.415. The molecule has 0 amide bonds. The van der Waals surface area contributed by atoms with E-state index >= 15 is 0 Å². The van der Waals surface area contributed by atoms with Gasteiger partial charge in [0.05, 0.1) is 7.11 Å². The molecule has 1 nitrogen and oxygen atoms in total. The van der Waals surface area contributed by atoms with Gasteiger partial charge in [-0.05, 0) is 47.5 Å². The average molecular weight is 286 g/mol. The van der Waals surface area contributed by atoms with Gasteiger partial charge >= 0.3 is 0 Å². The standard InChI is InChI=1S/C21H18O/c1-16-6-8-17(9-7-16)4-3-5-18-10-11-20-15-21(22-2)13-12-19(20)14-18/h6-15H,5H2,1-2H3. The van der Waals surface area contributed by atoms with Crippen molar-refractivity contribution in [3.05, 3.63) is 77.4 Å². The van der Waals surface area contributed by atoms with E-state index in [-0.39, 0.29) is 0 Å². The molecule has 0 spiro atoms. The fourth-order valence-electron chi connectivity index (χ4n) is 2.40. The summed E-state index contributed by atoms with van der Waals surface area (Å²) in [4.78, 5) is 0. The summed E-state index contributed by atoms with van der Waals surface area (Å²) >= 11 is 0. The van der Waals surface area contributed by atoms with Crippen LogP contribution in [0.25, 0.3) is 10.8 Å². The van der Waals surface area contributed by atoms with Crippen molar-refractivity contribution in [2.45, 2.75) is 13.3 Å². The largest absolute Gasteiger partial charge is 0.497 e. The maximum Gasteiger partial charge on any atom is 0.119 e. The highest BCUT2D eigenvalue weighted by Crippen LogP contribution is 2.21. The second-order valence-electron chi connectivity index (χ2n) is 5.39. The van der Waals surface area contributed by atoms with Gasteiger partial charge < -0.3 is 4.74 Å². The second kappa shape index (κ2) is 6.37. The van der Waals surface area contributed by atoms with Gasteiger partial charge in [-0.1, -0.05) is 53.8 Å². The van der Waals surface area contributed by atoms with Gasteiger partial charge in [0.1, 0.15) is 5.75 Å². The van der Waals surface area contributed by atoms with E-state index in [4.69, 9.17) is 4.74 Å². The normalized spacial score (nSPS) is 10.1. The zero-order valence-corrected chi connectivity index (χ0v) is 12.9. The molecule has 0 bridgehead atoms. The molecule has 0 aliphatic heterocycles. The summed E-state index contributed by atoms with van der Waals surface area (Å²) in [6.45, 7) is 2.08. The molecule has 0 N–H and O–H groups in total. The van der Waals surface area contributed by atoms with E-state index in [1.807, 2.05) is 6.07 Å². The molecular formula is C21H18O. The Morgan fingerprint density at radius 2 is 1.59 bits per heavy atom. The number of aryl methyl sites for hydroxylation is 1. The van der Waals surface area contributed by atoms with Crippen LogP contribution in [0.2, 0.25) is 0 Å². The Kier molecular flexibility index (Phi) is 4.12. The first-order valence-corrected chi connectivity index (χ1v) is 7.37. The predicted molar refractivity (Wildman–Crippen MR) is 92.3 cm³/mol. The van der Waals surface area contributed by atoms with Crippen molar-refractivity contribution in [2.24, 2.45) is 0 Å². The van der Waals surface area contributed by atoms with Gasteiger partial charge in [0.2, 0.25) is 0 Å². The molecule has 0 saturated carbocycles. The van der Waals surface area contributed by atoms with Crippen LogP contribution in [-0.2, 0) is 6.42 Å². The van der Waals surface area contributed by atoms with Crippen LogP contribution in [0, 0.1) is 18.8 Å². The zero-order chi connectivity index (χ0) is 15.4. The molecule has 0 saturated heterocycles. The number of rotatable bonds is 2. The third-order valence-corrected chi connectivity index (χ3v) is 3.69. The minimum absolute atomic E-state index is 0.760. The molecule has 0 radical (unpaired) electrons. The molecule has 0 unspecified atom stereocenters. The summed E-state index contributed by atoms with van der Waals surface area (Å²) in [6.07, 6.45) is 0.760. The predicted octanol–water partition coefficient (Wildman–Crippen LogP) is 4.75. The molecule has 1 heteroatoms. The van der Waals surface area contributed by atoms with Gasteiger partial charge in [0.25, 0.3) is 0 Å². The van der Waals surface area contributed by atoms with Crippen molar-refractivity contribution in [3.8, 4) is 17.6 Å². The van der Waals surface area contributed by atoms with E-state index in [1.54, 1.807) is 7.11 Å². The lowest BCUT2D eigenvalue weighted by atomic mass is 10.0. The molecule has 3 aromatic rings. The van der Waals surface area contributed by atoms with Crippen molar-refractivity contribution in [3.63, 3.8) is 0 Å². The van der Waals surface area contributed by atoms with Crippen molar-refractivity contribution in [2.75, 3.05) is 7.11 Å². The van der Waals surface area contributed by atoms with Crippen LogP contribution in [0.5, 0.6) is 5.75 Å². The van der Waals surface area contributed by atoms with Gasteiger partial charge in [-0.15, -0.1) is 0 Å². The Morgan fingerprint density at radius 3 is 2.36 bits per heavy atom. The zero-order valence-electron chi connectivity index (χ0n) is 12.9. The Labute approximate surface area is 131 Å². The third-order valence-electron chi connectivity index (χ3n) is 3.69. The van der Waals surface area contributed by atoms with Gasteiger partial charge in [-0.25, -0.2) is 0 Å². The topological polar surface area (TPSA) is 9.23 Å². The maximum absolute atomic E-state index is 5.25. The monoisotopic (exact) mass is 286 g/mol. The number of methoxy groups -OCH3 is 1. The van der Waals surface area contributed by atoms with Gasteiger partial charge in [0, 0.05) is 12.0 Å². The molecule has 22 heavy (non-hydrogen) atoms. The lowest BCUT2D eigenvalue weighted by Gasteiger charge is -2.04. The first-order chi connectivity index (χ1) is 10.7. The Morgan fingerprint density at radius 1 is 0.864 bits per heavy atom. The second-order valence-corrected chi connectivity index (χ2v) is 5.39. The van der Waals surface area contributed by atoms with Crippen LogP contribution in [0.3, 0.4) is 0 Å². The van der Waals surface area contributed by atoms with Crippen molar-refractivity contribution in [1.82, 2.24) is 0 Å². The Bertz CT molecular complexity index is 848. The minimum Gasteiger partial charge on any atom is -0.497 e. The molecule has 0 aromatic heterocycles. The van der Waals surface area contributed by atoms with Crippen LogP contribution in [0.1, 0.15) is 16.7 Å². The SMILES string of the molecule is COc1ccc2cc(CC#Cc3ccc(C)cc3)ccc2c1. The third kappa shape index (κ3) is 3.30. The minimum atomic E-state index is 0.760. The summed E-state index contributed by atoms with van der Waals surface area (Å²) in [5, 5.41) is 2.41. The molecule has 108 valence electrons. The molecule has 0 aliphatic carbocycles. The molecule has 3 aromatic carbocycles. The van der Waals surface area contributed by atoms with Gasteiger partial charge in [-0.3, -0.25) is 0 Å². The number of hydrogen-bond acceptors (Lipinski definition) is 1. The molecule has 0 heterocycles. The Balaban J connectivity index is 1.78.